The van der Waals surface area contributed by atoms with Gasteiger partial charge in [-0.2, -0.15) is 0 Å². The summed E-state index contributed by atoms with van der Waals surface area (Å²) >= 11 is 0. The molecule has 0 aromatic heterocycles. The first-order chi connectivity index (χ1) is 12.5. The normalized spacial score (nSPS) is 27.6. The van der Waals surface area contributed by atoms with Crippen molar-refractivity contribution in [1.29, 1.82) is 0 Å². The molecule has 3 aliphatic heterocycles. The highest BCUT2D eigenvalue weighted by atomic mass is 16.5. The number of ether oxygens (including phenoxy) is 1. The van der Waals surface area contributed by atoms with Crippen LogP contribution < -0.4 is 5.32 Å². The molecule has 2 atom stereocenters. The van der Waals surface area contributed by atoms with Crippen molar-refractivity contribution >= 4 is 17.8 Å². The fourth-order valence-corrected chi connectivity index (χ4v) is 3.75. The van der Waals surface area contributed by atoms with E-state index in [-0.39, 0.29) is 11.9 Å². The molecule has 1 N–H and O–H groups in total. The summed E-state index contributed by atoms with van der Waals surface area (Å²) in [4.78, 5) is 37.5. The van der Waals surface area contributed by atoms with E-state index in [4.69, 9.17) is 9.73 Å². The monoisotopic (exact) mass is 366 g/mol. The molecule has 9 nitrogen and oxygen atoms in total. The molecule has 0 aromatic rings. The van der Waals surface area contributed by atoms with Crippen LogP contribution in [-0.4, -0.2) is 116 Å². The molecule has 2 saturated heterocycles. The van der Waals surface area contributed by atoms with Crippen LogP contribution in [0.4, 0.5) is 4.79 Å². The highest BCUT2D eigenvalue weighted by Gasteiger charge is 2.48. The van der Waals surface area contributed by atoms with Crippen LogP contribution in [0.25, 0.3) is 0 Å². The largest absolute Gasteiger partial charge is 0.380 e. The van der Waals surface area contributed by atoms with Crippen molar-refractivity contribution in [1.82, 2.24) is 24.9 Å². The summed E-state index contributed by atoms with van der Waals surface area (Å²) in [7, 11) is 1.69. The summed E-state index contributed by atoms with van der Waals surface area (Å²) in [6, 6.07) is -0.854. The van der Waals surface area contributed by atoms with Crippen LogP contribution in [-0.2, 0) is 9.53 Å². The Kier molecular flexibility index (Phi) is 6.10. The van der Waals surface area contributed by atoms with Crippen molar-refractivity contribution in [2.24, 2.45) is 4.99 Å². The lowest BCUT2D eigenvalue weighted by molar-refractivity contribution is -0.127. The number of carbonyl (C=O) groups is 2. The maximum Gasteiger partial charge on any atom is 0.325 e. The Balaban J connectivity index is 1.72. The third-order valence-corrected chi connectivity index (χ3v) is 5.40. The van der Waals surface area contributed by atoms with E-state index in [1.807, 2.05) is 11.8 Å². The van der Waals surface area contributed by atoms with Gasteiger partial charge in [0, 0.05) is 46.4 Å². The van der Waals surface area contributed by atoms with Gasteiger partial charge in [-0.1, -0.05) is 6.92 Å². The summed E-state index contributed by atoms with van der Waals surface area (Å²) in [5.74, 6) is 0.602. The maximum atomic E-state index is 12.5. The minimum atomic E-state index is -0.468. The van der Waals surface area contributed by atoms with E-state index in [1.54, 1.807) is 7.05 Å². The van der Waals surface area contributed by atoms with E-state index < -0.39 is 12.2 Å². The van der Waals surface area contributed by atoms with Crippen LogP contribution in [0.3, 0.4) is 0 Å². The second-order valence-corrected chi connectivity index (χ2v) is 6.91. The number of urea groups is 1. The SMILES string of the molecule is CCOCCN1C(CN2CCN(CC)CC2)=NC2C1C(=O)NC(=O)N2C. The predicted octanol–water partition coefficient (Wildman–Crippen LogP) is -0.749. The number of piperazine rings is 1. The lowest BCUT2D eigenvalue weighted by Gasteiger charge is -2.37. The standard InChI is InChI=1S/C17H30N6O3/c1-4-21-6-8-22(9-7-21)12-13-18-15-14(23(13)10-11-26-5-2)16(24)19-17(25)20(15)3/h14-15H,4-12H2,1-3H3,(H,19,24,25). The van der Waals surface area contributed by atoms with E-state index in [9.17, 15) is 9.59 Å². The lowest BCUT2D eigenvalue weighted by Crippen LogP contribution is -2.64. The second kappa shape index (κ2) is 8.32. The topological polar surface area (TPSA) is 80.7 Å². The molecular formula is C17H30N6O3. The third kappa shape index (κ3) is 3.84. The van der Waals surface area contributed by atoms with Crippen LogP contribution >= 0.6 is 0 Å². The Labute approximate surface area is 154 Å². The van der Waals surface area contributed by atoms with Gasteiger partial charge in [0.15, 0.2) is 12.2 Å². The van der Waals surface area contributed by atoms with E-state index in [0.717, 1.165) is 38.6 Å². The summed E-state index contributed by atoms with van der Waals surface area (Å²) < 4.78 is 5.50. The number of aliphatic imine (C=N–C) groups is 1. The number of nitrogens with zero attached hydrogens (tertiary/aromatic N) is 5. The quantitative estimate of drug-likeness (QED) is 0.597. The van der Waals surface area contributed by atoms with Gasteiger partial charge in [0.25, 0.3) is 5.91 Å². The van der Waals surface area contributed by atoms with Crippen molar-refractivity contribution in [3.8, 4) is 0 Å². The number of fused-ring (bicyclic) bond motifs is 1. The molecule has 0 aliphatic carbocycles. The zero-order chi connectivity index (χ0) is 18.7. The molecule has 0 radical (unpaired) electrons. The molecule has 3 rings (SSSR count). The van der Waals surface area contributed by atoms with Crippen LogP contribution in [0.2, 0.25) is 0 Å². The van der Waals surface area contributed by atoms with E-state index in [1.165, 1.54) is 4.90 Å². The first-order valence-corrected chi connectivity index (χ1v) is 9.48. The van der Waals surface area contributed by atoms with Crippen molar-refractivity contribution in [3.05, 3.63) is 0 Å². The van der Waals surface area contributed by atoms with Crippen molar-refractivity contribution in [2.45, 2.75) is 26.1 Å². The van der Waals surface area contributed by atoms with E-state index >= 15 is 0 Å². The summed E-state index contributed by atoms with van der Waals surface area (Å²) in [6.45, 7) is 11.8. The van der Waals surface area contributed by atoms with Crippen LogP contribution in [0.5, 0.6) is 0 Å². The molecule has 3 aliphatic rings. The molecule has 9 heteroatoms. The van der Waals surface area contributed by atoms with E-state index in [2.05, 4.69) is 22.0 Å². The first kappa shape index (κ1) is 19.1. The molecule has 0 bridgehead atoms. The number of amidine groups is 1. The number of nitrogens with one attached hydrogen (secondary N) is 1. The molecule has 26 heavy (non-hydrogen) atoms. The average molecular weight is 366 g/mol. The molecule has 2 fully saturated rings. The molecule has 0 spiro atoms. The number of amides is 3. The minimum absolute atomic E-state index is 0.274. The summed E-state index contributed by atoms with van der Waals surface area (Å²) in [5, 5.41) is 2.43. The predicted molar refractivity (Wildman–Crippen MR) is 98.1 cm³/mol. The Morgan fingerprint density at radius 2 is 1.85 bits per heavy atom. The summed E-state index contributed by atoms with van der Waals surface area (Å²) in [6.07, 6.45) is -0.454. The van der Waals surface area contributed by atoms with Crippen molar-refractivity contribution in [3.63, 3.8) is 0 Å². The smallest absolute Gasteiger partial charge is 0.325 e. The van der Waals surface area contributed by atoms with Gasteiger partial charge in [0.1, 0.15) is 5.84 Å². The Morgan fingerprint density at radius 3 is 2.50 bits per heavy atom. The van der Waals surface area contributed by atoms with Gasteiger partial charge >= 0.3 is 6.03 Å². The maximum absolute atomic E-state index is 12.5. The molecule has 3 amide bonds. The second-order valence-electron chi connectivity index (χ2n) is 6.91. The van der Waals surface area contributed by atoms with Crippen molar-refractivity contribution in [2.75, 3.05) is 66.1 Å². The average Bonchev–Trinajstić information content (AvgIpc) is 3.00. The number of likely N-dealkylation sites (N-methyl/N-ethyl adjacent to an activating group) is 2. The van der Waals surface area contributed by atoms with Crippen LogP contribution in [0.1, 0.15) is 13.8 Å². The first-order valence-electron chi connectivity index (χ1n) is 9.48. The fourth-order valence-electron chi connectivity index (χ4n) is 3.75. The zero-order valence-corrected chi connectivity index (χ0v) is 16.0. The lowest BCUT2D eigenvalue weighted by atomic mass is 10.1. The number of rotatable bonds is 7. The number of hydrogen-bond acceptors (Lipinski definition) is 7. The van der Waals surface area contributed by atoms with Crippen LogP contribution in [0, 0.1) is 0 Å². The molecule has 2 unspecified atom stereocenters. The highest BCUT2D eigenvalue weighted by Crippen LogP contribution is 2.24. The van der Waals surface area contributed by atoms with Gasteiger partial charge in [-0.3, -0.25) is 15.0 Å². The van der Waals surface area contributed by atoms with Gasteiger partial charge in [-0.15, -0.1) is 0 Å². The molecule has 3 heterocycles. The molecule has 0 saturated carbocycles. The van der Waals surface area contributed by atoms with Crippen molar-refractivity contribution < 1.29 is 14.3 Å². The summed E-state index contributed by atoms with van der Waals surface area (Å²) in [5.41, 5.74) is 0. The van der Waals surface area contributed by atoms with E-state index in [0.29, 0.717) is 26.3 Å². The van der Waals surface area contributed by atoms with Gasteiger partial charge < -0.3 is 19.4 Å². The highest BCUT2D eigenvalue weighted by molar-refractivity contribution is 6.04. The fraction of sp³-hybridized carbons (Fsp3) is 0.824. The van der Waals surface area contributed by atoms with Gasteiger partial charge in [-0.05, 0) is 13.5 Å². The molecule has 0 aromatic carbocycles. The minimum Gasteiger partial charge on any atom is -0.380 e. The van der Waals surface area contributed by atoms with Gasteiger partial charge in [0.2, 0.25) is 0 Å². The molecular weight excluding hydrogens is 336 g/mol. The third-order valence-electron chi connectivity index (χ3n) is 5.40. The number of carbonyl (C=O) groups excluding carboxylic acids is 2. The number of imide groups is 1. The Bertz CT molecular complexity index is 561. The number of hydrogen-bond donors (Lipinski definition) is 1. The van der Waals surface area contributed by atoms with Gasteiger partial charge in [0.05, 0.1) is 13.2 Å². The zero-order valence-electron chi connectivity index (χ0n) is 16.0. The van der Waals surface area contributed by atoms with Crippen LogP contribution in [0.15, 0.2) is 4.99 Å². The Morgan fingerprint density at radius 1 is 1.15 bits per heavy atom. The molecule has 146 valence electrons. The Hall–Kier alpha value is -1.71. The van der Waals surface area contributed by atoms with Gasteiger partial charge in [-0.25, -0.2) is 9.79 Å².